The number of ether oxygens (including phenoxy) is 3. The van der Waals surface area contributed by atoms with E-state index in [1.54, 1.807) is 0 Å². The van der Waals surface area contributed by atoms with Gasteiger partial charge in [0.15, 0.2) is 6.10 Å². The van der Waals surface area contributed by atoms with E-state index < -0.39 is 57.8 Å². The minimum Gasteiger partial charge on any atom is -0.462 e. The van der Waals surface area contributed by atoms with Gasteiger partial charge in [0.05, 0.1) is 19.8 Å². The van der Waals surface area contributed by atoms with E-state index in [1.165, 1.54) is 0 Å². The number of phosphoric ester groups is 1. The van der Waals surface area contributed by atoms with Crippen molar-refractivity contribution in [3.8, 4) is 0 Å². The molecule has 0 radical (unpaired) electrons. The summed E-state index contributed by atoms with van der Waals surface area (Å²) in [5.41, 5.74) is 0. The second kappa shape index (κ2) is 53.2. The van der Waals surface area contributed by atoms with Crippen LogP contribution in [0.25, 0.3) is 0 Å². The van der Waals surface area contributed by atoms with Crippen molar-refractivity contribution in [1.29, 1.82) is 0 Å². The van der Waals surface area contributed by atoms with Gasteiger partial charge in [-0.2, -0.15) is 0 Å². The van der Waals surface area contributed by atoms with E-state index in [0.29, 0.717) is 19.3 Å². The van der Waals surface area contributed by atoms with E-state index in [9.17, 15) is 28.9 Å². The maximum absolute atomic E-state index is 12.9. The smallest absolute Gasteiger partial charge is 0.462 e. The average molecular weight is 1030 g/mol. The van der Waals surface area contributed by atoms with Gasteiger partial charge in [-0.25, -0.2) is 4.57 Å². The third-order valence-corrected chi connectivity index (χ3v) is 11.8. The highest BCUT2D eigenvalue weighted by atomic mass is 31.2. The first-order valence-corrected chi connectivity index (χ1v) is 28.9. The van der Waals surface area contributed by atoms with Gasteiger partial charge in [-0.3, -0.25) is 23.4 Å². The van der Waals surface area contributed by atoms with Crippen LogP contribution < -0.4 is 0 Å². The third kappa shape index (κ3) is 50.8. The van der Waals surface area contributed by atoms with Crippen LogP contribution in [0, 0.1) is 0 Å². The van der Waals surface area contributed by atoms with Gasteiger partial charge < -0.3 is 24.2 Å². The van der Waals surface area contributed by atoms with Crippen LogP contribution in [0.2, 0.25) is 0 Å². The summed E-state index contributed by atoms with van der Waals surface area (Å²) in [6, 6.07) is 0. The maximum atomic E-state index is 12.9. The predicted molar refractivity (Wildman–Crippen MR) is 297 cm³/mol. The van der Waals surface area contributed by atoms with Crippen LogP contribution in [0.4, 0.5) is 0 Å². The molecule has 3 unspecified atom stereocenters. The first-order valence-electron chi connectivity index (χ1n) is 27.4. The molecule has 0 amide bonds. The molecule has 11 nitrogen and oxygen atoms in total. The van der Waals surface area contributed by atoms with Crippen molar-refractivity contribution >= 4 is 25.7 Å². The van der Waals surface area contributed by atoms with Gasteiger partial charge in [-0.05, 0) is 122 Å². The Hall–Kier alpha value is -4.12. The molecule has 3 atom stereocenters. The van der Waals surface area contributed by atoms with Crippen molar-refractivity contribution in [1.82, 2.24) is 0 Å². The first-order chi connectivity index (χ1) is 35.2. The van der Waals surface area contributed by atoms with Crippen molar-refractivity contribution in [2.45, 2.75) is 213 Å². The fourth-order valence-electron chi connectivity index (χ4n) is 6.73. The minimum atomic E-state index is -4.77. The number of aliphatic hydroxyl groups excluding tert-OH is 1. The molecule has 0 fully saturated rings. The molecule has 408 valence electrons. The lowest BCUT2D eigenvalue weighted by atomic mass is 10.1. The molecule has 0 bridgehead atoms. The lowest BCUT2D eigenvalue weighted by molar-refractivity contribution is -0.161. The SMILES string of the molecule is CC/C=C\C/C=C\C/C=C\C/C=C\C/C=C\CCCCCC(=O)OCC(COP(=O)(O)OCC(CO)OC(=O)CCCCCCC/C=C\C/C=C\CCC)OC(=O)CCCCC/C=C\C/C=C\C/C=C\CC. The van der Waals surface area contributed by atoms with E-state index in [2.05, 4.69) is 142 Å². The molecule has 0 spiro atoms. The Kier molecular flexibility index (Phi) is 50.1. The molecule has 0 aliphatic heterocycles. The fourth-order valence-corrected chi connectivity index (χ4v) is 7.51. The van der Waals surface area contributed by atoms with Gasteiger partial charge in [0, 0.05) is 19.3 Å². The quantitative estimate of drug-likeness (QED) is 0.0197. The molecule has 12 heteroatoms. The molecule has 0 aliphatic rings. The van der Waals surface area contributed by atoms with Crippen LogP contribution in [0.15, 0.2) is 122 Å². The number of unbranched alkanes of at least 4 members (excludes halogenated alkanes) is 12. The summed E-state index contributed by atoms with van der Waals surface area (Å²) in [7, 11) is -4.77. The zero-order chi connectivity index (χ0) is 52.7. The molecule has 72 heavy (non-hydrogen) atoms. The molecular formula is C60H97O11P. The molecule has 2 N–H and O–H groups in total. The normalized spacial score (nSPS) is 14.3. The predicted octanol–water partition coefficient (Wildman–Crippen LogP) is 16.0. The van der Waals surface area contributed by atoms with E-state index in [4.69, 9.17) is 23.3 Å². The second-order valence-electron chi connectivity index (χ2n) is 17.6. The number of allylic oxidation sites excluding steroid dienone is 20. The summed E-state index contributed by atoms with van der Waals surface area (Å²) in [5.74, 6) is -1.57. The molecular weight excluding hydrogens is 928 g/mol. The van der Waals surface area contributed by atoms with E-state index in [-0.39, 0.29) is 25.9 Å². The lowest BCUT2D eigenvalue weighted by Gasteiger charge is -2.21. The Morgan fingerprint density at radius 2 is 0.722 bits per heavy atom. The minimum absolute atomic E-state index is 0.117. The summed E-state index contributed by atoms with van der Waals surface area (Å²) in [4.78, 5) is 48.4. The van der Waals surface area contributed by atoms with Crippen molar-refractivity contribution < 1.29 is 52.2 Å². The van der Waals surface area contributed by atoms with Crippen LogP contribution in [-0.4, -0.2) is 66.5 Å². The number of esters is 3. The third-order valence-electron chi connectivity index (χ3n) is 10.8. The summed E-state index contributed by atoms with van der Waals surface area (Å²) in [6.07, 6.45) is 64.5. The van der Waals surface area contributed by atoms with Crippen molar-refractivity contribution in [3.05, 3.63) is 122 Å². The number of rotatable bonds is 49. The fraction of sp³-hybridized carbons (Fsp3) is 0.617. The largest absolute Gasteiger partial charge is 0.472 e. The molecule has 0 aliphatic carbocycles. The van der Waals surface area contributed by atoms with Gasteiger partial charge in [-0.1, -0.05) is 181 Å². The molecule has 0 heterocycles. The molecule has 0 saturated heterocycles. The Morgan fingerprint density at radius 1 is 0.403 bits per heavy atom. The Labute approximate surface area is 437 Å². The van der Waals surface area contributed by atoms with Crippen molar-refractivity contribution in [3.63, 3.8) is 0 Å². The molecule has 0 rings (SSSR count). The Bertz CT molecular complexity index is 1670. The van der Waals surface area contributed by atoms with Crippen molar-refractivity contribution in [2.24, 2.45) is 0 Å². The van der Waals surface area contributed by atoms with Crippen LogP contribution >= 0.6 is 7.82 Å². The molecule has 0 aromatic carbocycles. The monoisotopic (exact) mass is 1020 g/mol. The van der Waals surface area contributed by atoms with E-state index >= 15 is 0 Å². The number of phosphoric acid groups is 1. The average Bonchev–Trinajstić information content (AvgIpc) is 3.37. The molecule has 0 saturated carbocycles. The highest BCUT2D eigenvalue weighted by molar-refractivity contribution is 7.47. The number of carbonyl (C=O) groups is 3. The van der Waals surface area contributed by atoms with Gasteiger partial charge >= 0.3 is 25.7 Å². The number of hydrogen-bond acceptors (Lipinski definition) is 10. The highest BCUT2D eigenvalue weighted by Crippen LogP contribution is 2.43. The first kappa shape index (κ1) is 67.9. The topological polar surface area (TPSA) is 155 Å². The molecule has 0 aromatic heterocycles. The summed E-state index contributed by atoms with van der Waals surface area (Å²) < 4.78 is 39.4. The highest BCUT2D eigenvalue weighted by Gasteiger charge is 2.28. The van der Waals surface area contributed by atoms with Crippen molar-refractivity contribution in [2.75, 3.05) is 26.4 Å². The number of hydrogen-bond donors (Lipinski definition) is 2. The summed E-state index contributed by atoms with van der Waals surface area (Å²) in [5, 5.41) is 9.79. The number of carbonyl (C=O) groups excluding carboxylic acids is 3. The van der Waals surface area contributed by atoms with Crippen LogP contribution in [0.1, 0.15) is 201 Å². The van der Waals surface area contributed by atoms with Gasteiger partial charge in [-0.15, -0.1) is 0 Å². The van der Waals surface area contributed by atoms with Crippen LogP contribution in [0.5, 0.6) is 0 Å². The van der Waals surface area contributed by atoms with Crippen LogP contribution in [-0.2, 0) is 42.2 Å². The van der Waals surface area contributed by atoms with E-state index in [1.807, 2.05) is 0 Å². The van der Waals surface area contributed by atoms with Gasteiger partial charge in [0.1, 0.15) is 12.7 Å². The molecule has 0 aromatic rings. The number of aliphatic hydroxyl groups is 1. The summed E-state index contributed by atoms with van der Waals surface area (Å²) >= 11 is 0. The standard InChI is InChI=1S/C60H97O11P/c1-4-7-10-13-16-19-22-25-26-27-28-29-30-33-34-37-40-43-46-49-58(62)67-53-57(71-60(64)51-48-45-42-39-36-32-24-21-18-15-12-9-6-3)55-69-72(65,66)68-54-56(52-61)70-59(63)50-47-44-41-38-35-31-23-20-17-14-11-8-5-2/h7,9-12,14,16,18-21,23,25-26,28-29,32-34,36,56-57,61H,4-6,8,13,15,17,22,24,27,30-31,35,37-55H2,1-3H3,(H,65,66)/b10-7-,12-9-,14-11-,19-16-,21-18-,23-20-,26-25-,29-28-,34-33-,36-32-. The maximum Gasteiger partial charge on any atom is 0.472 e. The summed E-state index contributed by atoms with van der Waals surface area (Å²) in [6.45, 7) is 4.23. The van der Waals surface area contributed by atoms with E-state index in [0.717, 1.165) is 141 Å². The lowest BCUT2D eigenvalue weighted by Crippen LogP contribution is -2.30. The Balaban J connectivity index is 4.83. The van der Waals surface area contributed by atoms with Gasteiger partial charge in [0.25, 0.3) is 0 Å². The van der Waals surface area contributed by atoms with Gasteiger partial charge in [0.2, 0.25) is 0 Å². The Morgan fingerprint density at radius 3 is 1.12 bits per heavy atom. The second-order valence-corrected chi connectivity index (χ2v) is 19.1. The zero-order valence-corrected chi connectivity index (χ0v) is 45.7. The van der Waals surface area contributed by atoms with Crippen LogP contribution in [0.3, 0.4) is 0 Å². The zero-order valence-electron chi connectivity index (χ0n) is 44.8.